The van der Waals surface area contributed by atoms with E-state index in [9.17, 15) is 9.59 Å². The minimum absolute atomic E-state index is 0.0596. The zero-order valence-corrected chi connectivity index (χ0v) is 10.9. The zero-order valence-electron chi connectivity index (χ0n) is 10.9. The largest absolute Gasteiger partial charge is 0.481 e. The molecular formula is C15H17NO3. The van der Waals surface area contributed by atoms with Crippen LogP contribution in [0.15, 0.2) is 24.3 Å². The highest BCUT2D eigenvalue weighted by Crippen LogP contribution is 2.48. The van der Waals surface area contributed by atoms with E-state index in [0.29, 0.717) is 12.8 Å². The summed E-state index contributed by atoms with van der Waals surface area (Å²) in [6.07, 6.45) is 2.76. The zero-order chi connectivity index (χ0) is 13.6. The van der Waals surface area contributed by atoms with Crippen LogP contribution in [0.5, 0.6) is 0 Å². The SMILES string of the molecule is CN1C(=O)c2ccccc2C12CCC(C(=O)O)CC2. The third kappa shape index (κ3) is 1.59. The number of carboxylic acid groups (broad SMARTS) is 1. The molecule has 0 aromatic heterocycles. The first kappa shape index (κ1) is 12.2. The third-order valence-electron chi connectivity index (χ3n) is 4.77. The van der Waals surface area contributed by atoms with Gasteiger partial charge < -0.3 is 10.0 Å². The summed E-state index contributed by atoms with van der Waals surface area (Å²) in [5, 5.41) is 9.10. The van der Waals surface area contributed by atoms with Gasteiger partial charge in [-0.1, -0.05) is 18.2 Å². The molecular weight excluding hydrogens is 242 g/mol. The lowest BCUT2D eigenvalue weighted by atomic mass is 9.73. The van der Waals surface area contributed by atoms with Crippen LogP contribution in [0.1, 0.15) is 41.6 Å². The van der Waals surface area contributed by atoms with Crippen molar-refractivity contribution in [1.82, 2.24) is 4.90 Å². The minimum Gasteiger partial charge on any atom is -0.481 e. The Morgan fingerprint density at radius 1 is 1.32 bits per heavy atom. The van der Waals surface area contributed by atoms with Crippen molar-refractivity contribution in [3.63, 3.8) is 0 Å². The average Bonchev–Trinajstić information content (AvgIpc) is 2.63. The number of fused-ring (bicyclic) bond motifs is 2. The van der Waals surface area contributed by atoms with Crippen LogP contribution >= 0.6 is 0 Å². The Morgan fingerprint density at radius 2 is 1.95 bits per heavy atom. The molecule has 2 aliphatic rings. The smallest absolute Gasteiger partial charge is 0.306 e. The molecule has 1 heterocycles. The van der Waals surface area contributed by atoms with Gasteiger partial charge in [0.25, 0.3) is 5.91 Å². The Labute approximate surface area is 112 Å². The second-order valence-corrected chi connectivity index (χ2v) is 5.55. The lowest BCUT2D eigenvalue weighted by molar-refractivity contribution is -0.143. The van der Waals surface area contributed by atoms with E-state index >= 15 is 0 Å². The molecule has 0 atom stereocenters. The van der Waals surface area contributed by atoms with Crippen molar-refractivity contribution in [3.8, 4) is 0 Å². The molecule has 1 fully saturated rings. The average molecular weight is 259 g/mol. The molecule has 1 aromatic rings. The first-order valence-corrected chi connectivity index (χ1v) is 6.67. The van der Waals surface area contributed by atoms with Gasteiger partial charge >= 0.3 is 5.97 Å². The molecule has 0 bridgehead atoms. The van der Waals surface area contributed by atoms with E-state index in [4.69, 9.17) is 5.11 Å². The number of carbonyl (C=O) groups excluding carboxylic acids is 1. The normalized spacial score (nSPS) is 29.6. The van der Waals surface area contributed by atoms with Crippen molar-refractivity contribution in [1.29, 1.82) is 0 Å². The fraction of sp³-hybridized carbons (Fsp3) is 0.467. The van der Waals surface area contributed by atoms with Crippen molar-refractivity contribution in [2.45, 2.75) is 31.2 Å². The highest BCUT2D eigenvalue weighted by Gasteiger charge is 2.49. The lowest BCUT2D eigenvalue weighted by Gasteiger charge is -2.41. The molecule has 1 saturated carbocycles. The molecule has 4 nitrogen and oxygen atoms in total. The first-order valence-electron chi connectivity index (χ1n) is 6.67. The Bertz CT molecular complexity index is 544. The molecule has 1 aliphatic carbocycles. The van der Waals surface area contributed by atoms with Gasteiger partial charge in [0.15, 0.2) is 0 Å². The third-order valence-corrected chi connectivity index (χ3v) is 4.77. The predicted molar refractivity (Wildman–Crippen MR) is 69.8 cm³/mol. The molecule has 3 rings (SSSR count). The topological polar surface area (TPSA) is 57.6 Å². The summed E-state index contributed by atoms with van der Waals surface area (Å²) in [4.78, 5) is 25.2. The second kappa shape index (κ2) is 4.08. The molecule has 1 N–H and O–H groups in total. The standard InChI is InChI=1S/C15H17NO3/c1-16-13(17)11-4-2-3-5-12(11)15(16)8-6-10(7-9-15)14(18)19/h2-5,10H,6-9H2,1H3,(H,18,19). The van der Waals surface area contributed by atoms with Crippen LogP contribution < -0.4 is 0 Å². The van der Waals surface area contributed by atoms with Crippen molar-refractivity contribution < 1.29 is 14.7 Å². The molecule has 1 aliphatic heterocycles. The van der Waals surface area contributed by atoms with Crippen LogP contribution in [-0.2, 0) is 10.3 Å². The van der Waals surface area contributed by atoms with E-state index in [0.717, 1.165) is 24.0 Å². The quantitative estimate of drug-likeness (QED) is 0.841. The first-order chi connectivity index (χ1) is 9.06. The highest BCUT2D eigenvalue weighted by molar-refractivity contribution is 5.99. The molecule has 100 valence electrons. The van der Waals surface area contributed by atoms with Crippen LogP contribution in [0.4, 0.5) is 0 Å². The Morgan fingerprint density at radius 3 is 2.58 bits per heavy atom. The number of carboxylic acids is 1. The summed E-state index contributed by atoms with van der Waals surface area (Å²) in [7, 11) is 1.84. The number of rotatable bonds is 1. The summed E-state index contributed by atoms with van der Waals surface area (Å²) in [6, 6.07) is 7.72. The molecule has 19 heavy (non-hydrogen) atoms. The van der Waals surface area contributed by atoms with E-state index in [1.807, 2.05) is 36.2 Å². The maximum atomic E-state index is 12.3. The Kier molecular flexibility index (Phi) is 2.62. The molecule has 0 saturated heterocycles. The van der Waals surface area contributed by atoms with Gasteiger partial charge in [0.1, 0.15) is 0 Å². The van der Waals surface area contributed by atoms with Gasteiger partial charge in [-0.25, -0.2) is 0 Å². The predicted octanol–water partition coefficient (Wildman–Crippen LogP) is 2.24. The Balaban J connectivity index is 1.98. The molecule has 1 amide bonds. The van der Waals surface area contributed by atoms with Gasteiger partial charge in [0, 0.05) is 12.6 Å². The molecule has 0 radical (unpaired) electrons. The maximum absolute atomic E-state index is 12.3. The Hall–Kier alpha value is -1.84. The summed E-state index contributed by atoms with van der Waals surface area (Å²) >= 11 is 0. The van der Waals surface area contributed by atoms with Gasteiger partial charge in [-0.05, 0) is 37.3 Å². The number of hydrogen-bond acceptors (Lipinski definition) is 2. The van der Waals surface area contributed by atoms with E-state index in [1.54, 1.807) is 0 Å². The lowest BCUT2D eigenvalue weighted by Crippen LogP contribution is -2.44. The molecule has 4 heteroatoms. The van der Waals surface area contributed by atoms with Gasteiger partial charge in [-0.15, -0.1) is 0 Å². The second-order valence-electron chi connectivity index (χ2n) is 5.55. The van der Waals surface area contributed by atoms with Crippen LogP contribution in [0, 0.1) is 5.92 Å². The van der Waals surface area contributed by atoms with E-state index < -0.39 is 5.97 Å². The fourth-order valence-electron chi connectivity index (χ4n) is 3.58. The number of carbonyl (C=O) groups is 2. The number of nitrogens with zero attached hydrogens (tertiary/aromatic N) is 1. The summed E-state index contributed by atoms with van der Waals surface area (Å²) in [5.41, 5.74) is 1.57. The molecule has 0 unspecified atom stereocenters. The van der Waals surface area contributed by atoms with E-state index in [2.05, 4.69) is 0 Å². The van der Waals surface area contributed by atoms with Crippen molar-refractivity contribution in [2.24, 2.45) is 5.92 Å². The number of hydrogen-bond donors (Lipinski definition) is 1. The fourth-order valence-corrected chi connectivity index (χ4v) is 3.58. The number of amides is 1. The minimum atomic E-state index is -0.713. The van der Waals surface area contributed by atoms with Gasteiger partial charge in [0.2, 0.25) is 0 Å². The summed E-state index contributed by atoms with van der Waals surface area (Å²) in [6.45, 7) is 0. The van der Waals surface area contributed by atoms with Gasteiger partial charge in [-0.3, -0.25) is 9.59 Å². The maximum Gasteiger partial charge on any atom is 0.306 e. The number of aliphatic carboxylic acids is 1. The van der Waals surface area contributed by atoms with Gasteiger partial charge in [-0.2, -0.15) is 0 Å². The van der Waals surface area contributed by atoms with Crippen molar-refractivity contribution in [3.05, 3.63) is 35.4 Å². The van der Waals surface area contributed by atoms with Crippen molar-refractivity contribution >= 4 is 11.9 Å². The molecule has 1 spiro atoms. The summed E-state index contributed by atoms with van der Waals surface area (Å²) in [5.74, 6) is -0.915. The van der Waals surface area contributed by atoms with E-state index in [1.165, 1.54) is 0 Å². The van der Waals surface area contributed by atoms with Crippen LogP contribution in [0.3, 0.4) is 0 Å². The summed E-state index contributed by atoms with van der Waals surface area (Å²) < 4.78 is 0. The van der Waals surface area contributed by atoms with Crippen LogP contribution in [-0.4, -0.2) is 28.9 Å². The van der Waals surface area contributed by atoms with E-state index in [-0.39, 0.29) is 17.4 Å². The van der Waals surface area contributed by atoms with Crippen LogP contribution in [0.2, 0.25) is 0 Å². The van der Waals surface area contributed by atoms with Gasteiger partial charge in [0.05, 0.1) is 11.5 Å². The monoisotopic (exact) mass is 259 g/mol. The molecule has 1 aromatic carbocycles. The highest BCUT2D eigenvalue weighted by atomic mass is 16.4. The number of benzene rings is 1. The van der Waals surface area contributed by atoms with Crippen LogP contribution in [0.25, 0.3) is 0 Å². The van der Waals surface area contributed by atoms with Crippen molar-refractivity contribution in [2.75, 3.05) is 7.05 Å².